The van der Waals surface area contributed by atoms with Gasteiger partial charge in [0.25, 0.3) is 0 Å². The van der Waals surface area contributed by atoms with Crippen LogP contribution in [0.25, 0.3) is 0 Å². The van der Waals surface area contributed by atoms with Crippen LogP contribution in [0.1, 0.15) is 32.6 Å². The molecular weight excluding hydrogens is 204 g/mol. The molecule has 3 atom stereocenters. The molecule has 4 heteroatoms. The standard InChI is InChI=1S/C12H22N2O2/c1-8(12(15)16)7-14(2)11-5-9-3-4-10(6-11)13-9/h8-11,13H,3-7H2,1-2H3,(H,15,16). The SMILES string of the molecule is CC(CN(C)C1CC2CCC(C1)N2)C(=O)O. The zero-order valence-electron chi connectivity index (χ0n) is 10.1. The van der Waals surface area contributed by atoms with E-state index < -0.39 is 5.97 Å². The van der Waals surface area contributed by atoms with Gasteiger partial charge in [-0.05, 0) is 32.7 Å². The van der Waals surface area contributed by atoms with Crippen molar-refractivity contribution in [1.29, 1.82) is 0 Å². The number of aliphatic carboxylic acids is 1. The third kappa shape index (κ3) is 2.55. The van der Waals surface area contributed by atoms with Crippen molar-refractivity contribution in [3.63, 3.8) is 0 Å². The normalized spacial score (nSPS) is 35.3. The van der Waals surface area contributed by atoms with Gasteiger partial charge in [-0.3, -0.25) is 4.79 Å². The first-order chi connectivity index (χ1) is 7.56. The maximum absolute atomic E-state index is 10.8. The van der Waals surface area contributed by atoms with E-state index in [1.165, 1.54) is 25.7 Å². The van der Waals surface area contributed by atoms with Crippen molar-refractivity contribution in [3.05, 3.63) is 0 Å². The van der Waals surface area contributed by atoms with Crippen LogP contribution in [0.15, 0.2) is 0 Å². The summed E-state index contributed by atoms with van der Waals surface area (Å²) in [5.74, 6) is -0.957. The number of nitrogens with one attached hydrogen (secondary N) is 1. The topological polar surface area (TPSA) is 52.6 Å². The van der Waals surface area contributed by atoms with Crippen LogP contribution in [-0.2, 0) is 4.79 Å². The molecule has 3 unspecified atom stereocenters. The van der Waals surface area contributed by atoms with Crippen molar-refractivity contribution in [1.82, 2.24) is 10.2 Å². The predicted molar refractivity (Wildman–Crippen MR) is 62.4 cm³/mol. The van der Waals surface area contributed by atoms with Crippen molar-refractivity contribution in [2.75, 3.05) is 13.6 Å². The lowest BCUT2D eigenvalue weighted by atomic mass is 9.97. The molecule has 92 valence electrons. The lowest BCUT2D eigenvalue weighted by Gasteiger charge is -2.36. The number of hydrogen-bond acceptors (Lipinski definition) is 3. The Morgan fingerprint density at radius 1 is 1.44 bits per heavy atom. The third-order valence-electron chi connectivity index (χ3n) is 4.05. The highest BCUT2D eigenvalue weighted by Crippen LogP contribution is 2.29. The van der Waals surface area contributed by atoms with Gasteiger partial charge in [0.2, 0.25) is 0 Å². The molecule has 2 N–H and O–H groups in total. The van der Waals surface area contributed by atoms with Crippen LogP contribution in [-0.4, -0.2) is 47.7 Å². The van der Waals surface area contributed by atoms with E-state index in [1.807, 2.05) is 0 Å². The Bertz CT molecular complexity index is 258. The monoisotopic (exact) mass is 226 g/mol. The van der Waals surface area contributed by atoms with Gasteiger partial charge >= 0.3 is 5.97 Å². The van der Waals surface area contributed by atoms with Gasteiger partial charge in [-0.2, -0.15) is 0 Å². The quantitative estimate of drug-likeness (QED) is 0.748. The summed E-state index contributed by atoms with van der Waals surface area (Å²) < 4.78 is 0. The molecule has 0 radical (unpaired) electrons. The van der Waals surface area contributed by atoms with E-state index in [-0.39, 0.29) is 5.92 Å². The van der Waals surface area contributed by atoms with Gasteiger partial charge in [0, 0.05) is 24.7 Å². The second-order valence-electron chi connectivity index (χ2n) is 5.44. The van der Waals surface area contributed by atoms with Crippen LogP contribution < -0.4 is 5.32 Å². The average molecular weight is 226 g/mol. The minimum absolute atomic E-state index is 0.266. The second kappa shape index (κ2) is 4.72. The predicted octanol–water partition coefficient (Wildman–Crippen LogP) is 0.922. The number of hydrogen-bond donors (Lipinski definition) is 2. The van der Waals surface area contributed by atoms with Crippen molar-refractivity contribution in [2.24, 2.45) is 5.92 Å². The van der Waals surface area contributed by atoms with E-state index in [0.29, 0.717) is 24.7 Å². The van der Waals surface area contributed by atoms with Crippen LogP contribution in [0.4, 0.5) is 0 Å². The summed E-state index contributed by atoms with van der Waals surface area (Å²) in [6, 6.07) is 1.92. The van der Waals surface area contributed by atoms with E-state index in [0.717, 1.165) is 0 Å². The molecular formula is C12H22N2O2. The van der Waals surface area contributed by atoms with E-state index >= 15 is 0 Å². The highest BCUT2D eigenvalue weighted by Gasteiger charge is 2.35. The molecule has 0 aromatic heterocycles. The number of carboxylic acids is 1. The van der Waals surface area contributed by atoms with Crippen LogP contribution in [0, 0.1) is 5.92 Å². The molecule has 2 bridgehead atoms. The summed E-state index contributed by atoms with van der Waals surface area (Å²) in [6.07, 6.45) is 4.95. The molecule has 0 aliphatic carbocycles. The summed E-state index contributed by atoms with van der Waals surface area (Å²) in [5.41, 5.74) is 0. The molecule has 2 heterocycles. The number of carbonyl (C=O) groups is 1. The van der Waals surface area contributed by atoms with Gasteiger partial charge in [0.15, 0.2) is 0 Å². The zero-order valence-corrected chi connectivity index (χ0v) is 10.1. The lowest BCUT2D eigenvalue weighted by Crippen LogP contribution is -2.48. The fraction of sp³-hybridized carbons (Fsp3) is 0.917. The Labute approximate surface area is 97.0 Å². The van der Waals surface area contributed by atoms with E-state index in [1.54, 1.807) is 6.92 Å². The maximum atomic E-state index is 10.8. The van der Waals surface area contributed by atoms with E-state index in [4.69, 9.17) is 5.11 Å². The molecule has 2 aliphatic rings. The van der Waals surface area contributed by atoms with Crippen molar-refractivity contribution in [3.8, 4) is 0 Å². The first kappa shape index (κ1) is 11.9. The van der Waals surface area contributed by atoms with Crippen molar-refractivity contribution in [2.45, 2.75) is 50.7 Å². The van der Waals surface area contributed by atoms with Gasteiger partial charge < -0.3 is 15.3 Å². The Hall–Kier alpha value is -0.610. The molecule has 2 aliphatic heterocycles. The fourth-order valence-corrected chi connectivity index (χ4v) is 3.05. The maximum Gasteiger partial charge on any atom is 0.307 e. The van der Waals surface area contributed by atoms with Gasteiger partial charge in [0.05, 0.1) is 5.92 Å². The fourth-order valence-electron chi connectivity index (χ4n) is 3.05. The van der Waals surface area contributed by atoms with Crippen LogP contribution in [0.2, 0.25) is 0 Å². The smallest absolute Gasteiger partial charge is 0.307 e. The molecule has 16 heavy (non-hydrogen) atoms. The molecule has 2 saturated heterocycles. The molecule has 2 rings (SSSR count). The number of carboxylic acid groups (broad SMARTS) is 1. The van der Waals surface area contributed by atoms with Gasteiger partial charge in [-0.15, -0.1) is 0 Å². The summed E-state index contributed by atoms with van der Waals surface area (Å²) in [5, 5.41) is 12.5. The lowest BCUT2D eigenvalue weighted by molar-refractivity contribution is -0.141. The summed E-state index contributed by atoms with van der Waals surface area (Å²) in [7, 11) is 2.06. The van der Waals surface area contributed by atoms with Crippen molar-refractivity contribution >= 4 is 5.97 Å². The van der Waals surface area contributed by atoms with E-state index in [2.05, 4.69) is 17.3 Å². The highest BCUT2D eigenvalue weighted by atomic mass is 16.4. The zero-order chi connectivity index (χ0) is 11.7. The van der Waals surface area contributed by atoms with Gasteiger partial charge in [-0.1, -0.05) is 6.92 Å². The summed E-state index contributed by atoms with van der Waals surface area (Å²) in [6.45, 7) is 2.45. The minimum atomic E-state index is -0.691. The van der Waals surface area contributed by atoms with Crippen molar-refractivity contribution < 1.29 is 9.90 Å². The average Bonchev–Trinajstić information content (AvgIpc) is 2.57. The number of piperidine rings is 1. The Morgan fingerprint density at radius 3 is 2.50 bits per heavy atom. The molecule has 0 spiro atoms. The van der Waals surface area contributed by atoms with E-state index in [9.17, 15) is 4.79 Å². The number of nitrogens with zero attached hydrogens (tertiary/aromatic N) is 1. The number of fused-ring (bicyclic) bond motifs is 2. The van der Waals surface area contributed by atoms with Crippen LogP contribution >= 0.6 is 0 Å². The van der Waals surface area contributed by atoms with Gasteiger partial charge in [0.1, 0.15) is 0 Å². The molecule has 2 fully saturated rings. The van der Waals surface area contributed by atoms with Gasteiger partial charge in [-0.25, -0.2) is 0 Å². The summed E-state index contributed by atoms with van der Waals surface area (Å²) in [4.78, 5) is 13.1. The second-order valence-corrected chi connectivity index (χ2v) is 5.44. The molecule has 0 amide bonds. The largest absolute Gasteiger partial charge is 0.481 e. The Kier molecular flexibility index (Phi) is 3.50. The first-order valence-corrected chi connectivity index (χ1v) is 6.25. The molecule has 0 saturated carbocycles. The van der Waals surface area contributed by atoms with Crippen LogP contribution in [0.3, 0.4) is 0 Å². The first-order valence-electron chi connectivity index (χ1n) is 6.25. The minimum Gasteiger partial charge on any atom is -0.481 e. The molecule has 0 aromatic rings. The number of rotatable bonds is 4. The highest BCUT2D eigenvalue weighted by molar-refractivity contribution is 5.69. The summed E-state index contributed by atoms with van der Waals surface area (Å²) >= 11 is 0. The Morgan fingerprint density at radius 2 is 2.00 bits per heavy atom. The Balaban J connectivity index is 1.85. The van der Waals surface area contributed by atoms with Crippen LogP contribution in [0.5, 0.6) is 0 Å². The third-order valence-corrected chi connectivity index (χ3v) is 4.05. The molecule has 0 aromatic carbocycles. The molecule has 4 nitrogen and oxygen atoms in total.